The Kier molecular flexibility index (Phi) is 4.40. The van der Waals surface area contributed by atoms with Crippen LogP contribution in [0.15, 0.2) is 42.5 Å². The van der Waals surface area contributed by atoms with Gasteiger partial charge in [0.2, 0.25) is 0 Å². The van der Waals surface area contributed by atoms with Crippen LogP contribution in [0.5, 0.6) is 0 Å². The minimum absolute atomic E-state index is 0.00764. The van der Waals surface area contributed by atoms with Gasteiger partial charge in [0.1, 0.15) is 6.04 Å². The number of fused-ring (bicyclic) bond motifs is 1. The number of hydrogen-bond donors (Lipinski definition) is 1. The van der Waals surface area contributed by atoms with E-state index in [0.717, 1.165) is 0 Å². The molecule has 0 fully saturated rings. The molecule has 0 aliphatic heterocycles. The van der Waals surface area contributed by atoms with Crippen molar-refractivity contribution in [1.82, 2.24) is 0 Å². The van der Waals surface area contributed by atoms with E-state index < -0.39 is 6.04 Å². The molecule has 0 saturated heterocycles. The van der Waals surface area contributed by atoms with Crippen molar-refractivity contribution in [2.24, 2.45) is 11.7 Å². The lowest BCUT2D eigenvalue weighted by molar-refractivity contribution is -0.143. The molecular weight excluding hydrogens is 250 g/mol. The molecule has 0 saturated carbocycles. The molecule has 3 heteroatoms. The fraction of sp³-hybridized carbons (Fsp3) is 0.353. The number of ether oxygens (including phenoxy) is 1. The van der Waals surface area contributed by atoms with E-state index in [0.29, 0.717) is 0 Å². The zero-order chi connectivity index (χ0) is 14.7. The summed E-state index contributed by atoms with van der Waals surface area (Å²) in [5, 5.41) is 2.42. The van der Waals surface area contributed by atoms with Crippen molar-refractivity contribution in [1.29, 1.82) is 0 Å². The Morgan fingerprint density at radius 3 is 2.45 bits per heavy atom. The molecule has 3 unspecified atom stereocenters. The largest absolute Gasteiger partial charge is 0.468 e. The Morgan fingerprint density at radius 1 is 1.10 bits per heavy atom. The maximum atomic E-state index is 11.6. The van der Waals surface area contributed by atoms with E-state index in [4.69, 9.17) is 10.5 Å². The molecule has 0 amide bonds. The maximum absolute atomic E-state index is 11.6. The zero-order valence-electron chi connectivity index (χ0n) is 12.2. The van der Waals surface area contributed by atoms with Crippen molar-refractivity contribution >= 4 is 16.7 Å². The fourth-order valence-electron chi connectivity index (χ4n) is 2.59. The first-order valence-corrected chi connectivity index (χ1v) is 6.87. The van der Waals surface area contributed by atoms with Crippen LogP contribution in [0.25, 0.3) is 10.8 Å². The Balaban J connectivity index is 2.36. The van der Waals surface area contributed by atoms with Gasteiger partial charge in [0.05, 0.1) is 7.11 Å². The summed E-state index contributed by atoms with van der Waals surface area (Å²) in [5.74, 6) is -0.173. The summed E-state index contributed by atoms with van der Waals surface area (Å²) >= 11 is 0. The Morgan fingerprint density at radius 2 is 1.75 bits per heavy atom. The first-order valence-electron chi connectivity index (χ1n) is 6.87. The molecule has 0 radical (unpaired) electrons. The van der Waals surface area contributed by atoms with E-state index in [1.165, 1.54) is 23.4 Å². The number of methoxy groups -OCH3 is 1. The summed E-state index contributed by atoms with van der Waals surface area (Å²) in [6.07, 6.45) is 0. The molecule has 2 aromatic carbocycles. The van der Waals surface area contributed by atoms with Crippen LogP contribution >= 0.6 is 0 Å². The maximum Gasteiger partial charge on any atom is 0.322 e. The van der Waals surface area contributed by atoms with E-state index in [-0.39, 0.29) is 17.8 Å². The van der Waals surface area contributed by atoms with Gasteiger partial charge in [0.15, 0.2) is 0 Å². The third-order valence-corrected chi connectivity index (χ3v) is 4.14. The van der Waals surface area contributed by atoms with Gasteiger partial charge >= 0.3 is 5.97 Å². The second-order valence-electron chi connectivity index (χ2n) is 5.27. The molecule has 0 heterocycles. The molecule has 0 bridgehead atoms. The summed E-state index contributed by atoms with van der Waals surface area (Å²) in [7, 11) is 1.37. The predicted molar refractivity (Wildman–Crippen MR) is 81.5 cm³/mol. The van der Waals surface area contributed by atoms with Crippen molar-refractivity contribution in [2.45, 2.75) is 25.8 Å². The van der Waals surface area contributed by atoms with Crippen LogP contribution in [0.3, 0.4) is 0 Å². The van der Waals surface area contributed by atoms with Crippen LogP contribution in [0.1, 0.15) is 25.3 Å². The second-order valence-corrected chi connectivity index (χ2v) is 5.27. The van der Waals surface area contributed by atoms with Gasteiger partial charge in [0, 0.05) is 0 Å². The van der Waals surface area contributed by atoms with Gasteiger partial charge in [0.25, 0.3) is 0 Å². The summed E-state index contributed by atoms with van der Waals surface area (Å²) in [4.78, 5) is 11.6. The summed E-state index contributed by atoms with van der Waals surface area (Å²) in [6, 6.07) is 13.9. The topological polar surface area (TPSA) is 52.3 Å². The molecule has 2 aromatic rings. The predicted octanol–water partition coefficient (Wildman–Crippen LogP) is 3.08. The molecule has 0 spiro atoms. The van der Waals surface area contributed by atoms with Crippen LogP contribution in [-0.2, 0) is 9.53 Å². The van der Waals surface area contributed by atoms with Gasteiger partial charge in [-0.05, 0) is 28.2 Å². The molecule has 0 aromatic heterocycles. The summed E-state index contributed by atoms with van der Waals surface area (Å²) in [6.45, 7) is 4.10. The highest BCUT2D eigenvalue weighted by Crippen LogP contribution is 2.31. The van der Waals surface area contributed by atoms with Crippen LogP contribution in [-0.4, -0.2) is 19.1 Å². The van der Waals surface area contributed by atoms with Crippen LogP contribution < -0.4 is 5.73 Å². The van der Waals surface area contributed by atoms with Gasteiger partial charge < -0.3 is 10.5 Å². The lowest BCUT2D eigenvalue weighted by Crippen LogP contribution is -2.39. The number of nitrogens with two attached hydrogens (primary N) is 1. The minimum Gasteiger partial charge on any atom is -0.468 e. The summed E-state index contributed by atoms with van der Waals surface area (Å²) in [5.41, 5.74) is 7.20. The smallest absolute Gasteiger partial charge is 0.322 e. The number of carbonyl (C=O) groups excluding carboxylic acids is 1. The second kappa shape index (κ2) is 6.06. The van der Waals surface area contributed by atoms with Crippen molar-refractivity contribution in [3.63, 3.8) is 0 Å². The third kappa shape index (κ3) is 2.68. The first kappa shape index (κ1) is 14.5. The quantitative estimate of drug-likeness (QED) is 0.869. The lowest BCUT2D eigenvalue weighted by atomic mass is 9.82. The highest BCUT2D eigenvalue weighted by molar-refractivity contribution is 5.86. The summed E-state index contributed by atoms with van der Waals surface area (Å²) < 4.78 is 4.74. The average molecular weight is 271 g/mol. The van der Waals surface area contributed by atoms with E-state index in [1.807, 2.05) is 25.1 Å². The number of esters is 1. The highest BCUT2D eigenvalue weighted by atomic mass is 16.5. The molecule has 2 rings (SSSR count). The fourth-order valence-corrected chi connectivity index (χ4v) is 2.59. The Bertz CT molecular complexity index is 603. The Labute approximate surface area is 119 Å². The van der Waals surface area contributed by atoms with Crippen LogP contribution in [0.2, 0.25) is 0 Å². The molecule has 106 valence electrons. The number of carbonyl (C=O) groups is 1. The van der Waals surface area contributed by atoms with Crippen molar-refractivity contribution in [3.05, 3.63) is 48.0 Å². The number of benzene rings is 2. The molecule has 3 nitrogen and oxygen atoms in total. The third-order valence-electron chi connectivity index (χ3n) is 4.14. The Hall–Kier alpha value is -1.87. The zero-order valence-corrected chi connectivity index (χ0v) is 12.2. The van der Waals surface area contributed by atoms with Gasteiger partial charge in [-0.2, -0.15) is 0 Å². The lowest BCUT2D eigenvalue weighted by Gasteiger charge is -2.25. The molecule has 3 atom stereocenters. The van der Waals surface area contributed by atoms with Gasteiger partial charge in [-0.1, -0.05) is 56.3 Å². The normalized spacial score (nSPS) is 15.6. The number of hydrogen-bond acceptors (Lipinski definition) is 3. The first-order chi connectivity index (χ1) is 9.56. The van der Waals surface area contributed by atoms with Crippen LogP contribution in [0, 0.1) is 5.92 Å². The SMILES string of the molecule is COC(=O)C(N)C(C)C(C)c1cccc2ccccc12. The molecule has 20 heavy (non-hydrogen) atoms. The van der Waals surface area contributed by atoms with Crippen LogP contribution in [0.4, 0.5) is 0 Å². The molecular formula is C17H21NO2. The number of rotatable bonds is 4. The van der Waals surface area contributed by atoms with Crippen molar-refractivity contribution in [2.75, 3.05) is 7.11 Å². The van der Waals surface area contributed by atoms with E-state index >= 15 is 0 Å². The van der Waals surface area contributed by atoms with E-state index in [2.05, 4.69) is 31.2 Å². The molecule has 0 aliphatic carbocycles. The monoisotopic (exact) mass is 271 g/mol. The minimum atomic E-state index is -0.603. The van der Waals surface area contributed by atoms with E-state index in [1.54, 1.807) is 0 Å². The highest BCUT2D eigenvalue weighted by Gasteiger charge is 2.27. The molecule has 0 aliphatic rings. The van der Waals surface area contributed by atoms with Crippen molar-refractivity contribution in [3.8, 4) is 0 Å². The van der Waals surface area contributed by atoms with Gasteiger partial charge in [-0.3, -0.25) is 4.79 Å². The standard InChI is InChI=1S/C17H21NO2/c1-11(12(2)16(18)17(19)20-3)14-10-6-8-13-7-4-5-9-15(13)14/h4-12,16H,18H2,1-3H3. The van der Waals surface area contributed by atoms with Gasteiger partial charge in [-0.15, -0.1) is 0 Å². The van der Waals surface area contributed by atoms with E-state index in [9.17, 15) is 4.79 Å². The van der Waals surface area contributed by atoms with Gasteiger partial charge in [-0.25, -0.2) is 0 Å². The molecule has 2 N–H and O–H groups in total. The average Bonchev–Trinajstić information content (AvgIpc) is 2.51. The van der Waals surface area contributed by atoms with Crippen molar-refractivity contribution < 1.29 is 9.53 Å².